The highest BCUT2D eigenvalue weighted by molar-refractivity contribution is 5.57. The van der Waals surface area contributed by atoms with E-state index in [1.54, 1.807) is 6.08 Å². The summed E-state index contributed by atoms with van der Waals surface area (Å²) in [4.78, 5) is 9.68. The van der Waals surface area contributed by atoms with Gasteiger partial charge in [0.15, 0.2) is 0 Å². The molecule has 0 fully saturated rings. The van der Waals surface area contributed by atoms with Crippen LogP contribution in [0.25, 0.3) is 0 Å². The van der Waals surface area contributed by atoms with Crippen molar-refractivity contribution in [1.29, 1.82) is 0 Å². The number of nitrogens with one attached hydrogen (secondary N) is 1. The zero-order valence-corrected chi connectivity index (χ0v) is 11.2. The highest BCUT2D eigenvalue weighted by Crippen LogP contribution is 2.36. The molecule has 0 spiro atoms. The first-order valence-electron chi connectivity index (χ1n) is 6.14. The Balaban J connectivity index is 2.72. The van der Waals surface area contributed by atoms with E-state index in [-0.39, 0.29) is 18.8 Å². The van der Waals surface area contributed by atoms with Gasteiger partial charge in [-0.3, -0.25) is 10.1 Å². The van der Waals surface area contributed by atoms with Crippen LogP contribution in [-0.4, -0.2) is 24.7 Å². The second kappa shape index (κ2) is 7.63. The zero-order chi connectivity index (χ0) is 15.9. The van der Waals surface area contributed by atoms with E-state index in [1.165, 1.54) is 0 Å². The molecule has 0 unspecified atom stereocenters. The number of hydrogen-bond donors (Lipinski definition) is 1. The molecular formula is C13H15F3N2O3. The van der Waals surface area contributed by atoms with Gasteiger partial charge in [0.1, 0.15) is 0 Å². The van der Waals surface area contributed by atoms with Gasteiger partial charge in [0, 0.05) is 24.4 Å². The predicted octanol–water partition coefficient (Wildman–Crippen LogP) is 3.62. The lowest BCUT2D eigenvalue weighted by Crippen LogP contribution is -2.15. The van der Waals surface area contributed by atoms with Crippen LogP contribution in [0, 0.1) is 10.1 Å². The Morgan fingerprint density at radius 1 is 1.38 bits per heavy atom. The van der Waals surface area contributed by atoms with Crippen LogP contribution in [0.1, 0.15) is 12.0 Å². The summed E-state index contributed by atoms with van der Waals surface area (Å²) in [5.74, 6) is 0. The molecule has 0 heterocycles. The second-order valence-electron chi connectivity index (χ2n) is 4.10. The van der Waals surface area contributed by atoms with Crippen molar-refractivity contribution in [2.45, 2.75) is 12.6 Å². The first-order valence-corrected chi connectivity index (χ1v) is 6.14. The second-order valence-corrected chi connectivity index (χ2v) is 4.10. The minimum Gasteiger partial charge on any atom is -0.382 e. The van der Waals surface area contributed by atoms with Gasteiger partial charge in [0.05, 0.1) is 23.7 Å². The summed E-state index contributed by atoms with van der Waals surface area (Å²) in [6, 6.07) is 2.59. The molecule has 0 atom stereocenters. The average molecular weight is 304 g/mol. The van der Waals surface area contributed by atoms with Crippen molar-refractivity contribution in [2.24, 2.45) is 0 Å². The first kappa shape index (κ1) is 17.0. The fourth-order valence-electron chi connectivity index (χ4n) is 1.56. The van der Waals surface area contributed by atoms with E-state index in [4.69, 9.17) is 4.74 Å². The lowest BCUT2D eigenvalue weighted by Gasteiger charge is -2.14. The number of rotatable bonds is 8. The van der Waals surface area contributed by atoms with Crippen LogP contribution in [0.2, 0.25) is 0 Å². The molecule has 0 bridgehead atoms. The van der Waals surface area contributed by atoms with Crippen molar-refractivity contribution in [3.8, 4) is 0 Å². The van der Waals surface area contributed by atoms with E-state index < -0.39 is 22.4 Å². The molecule has 1 aromatic carbocycles. The van der Waals surface area contributed by atoms with E-state index in [9.17, 15) is 23.3 Å². The third-order valence-corrected chi connectivity index (χ3v) is 2.55. The summed E-state index contributed by atoms with van der Waals surface area (Å²) < 4.78 is 43.7. The minimum atomic E-state index is -4.67. The van der Waals surface area contributed by atoms with Crippen LogP contribution in [-0.2, 0) is 10.9 Å². The van der Waals surface area contributed by atoms with Gasteiger partial charge < -0.3 is 10.1 Å². The van der Waals surface area contributed by atoms with Crippen LogP contribution in [0.4, 0.5) is 24.5 Å². The Labute approximate surface area is 119 Å². The van der Waals surface area contributed by atoms with E-state index in [0.717, 1.165) is 12.1 Å². The van der Waals surface area contributed by atoms with Crippen molar-refractivity contribution in [2.75, 3.05) is 25.1 Å². The number of alkyl halides is 3. The Bertz CT molecular complexity index is 504. The molecule has 0 aliphatic heterocycles. The van der Waals surface area contributed by atoms with Gasteiger partial charge in [-0.2, -0.15) is 13.2 Å². The molecule has 0 amide bonds. The molecule has 0 radical (unpaired) electrons. The fourth-order valence-corrected chi connectivity index (χ4v) is 1.56. The van der Waals surface area contributed by atoms with Crippen LogP contribution in [0.3, 0.4) is 0 Å². The maximum absolute atomic E-state index is 12.9. The van der Waals surface area contributed by atoms with Crippen LogP contribution >= 0.6 is 0 Å². The van der Waals surface area contributed by atoms with Crippen molar-refractivity contribution >= 4 is 11.4 Å². The van der Waals surface area contributed by atoms with E-state index in [2.05, 4.69) is 11.9 Å². The van der Waals surface area contributed by atoms with Gasteiger partial charge in [-0.25, -0.2) is 0 Å². The molecule has 21 heavy (non-hydrogen) atoms. The fraction of sp³-hybridized carbons (Fsp3) is 0.385. The number of nitro groups is 1. The SMILES string of the molecule is C=CCCOCCNc1ccc([N+](=O)[O-])cc1C(F)(F)F. The average Bonchev–Trinajstić information content (AvgIpc) is 2.41. The Kier molecular flexibility index (Phi) is 6.16. The number of hydrogen-bond acceptors (Lipinski definition) is 4. The third-order valence-electron chi connectivity index (χ3n) is 2.55. The summed E-state index contributed by atoms with van der Waals surface area (Å²) in [7, 11) is 0. The highest BCUT2D eigenvalue weighted by atomic mass is 19.4. The zero-order valence-electron chi connectivity index (χ0n) is 11.2. The van der Waals surface area contributed by atoms with Crippen LogP contribution in [0.15, 0.2) is 30.9 Å². The maximum atomic E-state index is 12.9. The number of ether oxygens (including phenoxy) is 1. The molecule has 0 aliphatic carbocycles. The Morgan fingerprint density at radius 2 is 2.10 bits per heavy atom. The summed E-state index contributed by atoms with van der Waals surface area (Å²) in [6.45, 7) is 4.34. The lowest BCUT2D eigenvalue weighted by molar-refractivity contribution is -0.385. The smallest absolute Gasteiger partial charge is 0.382 e. The van der Waals surface area contributed by atoms with Crippen LogP contribution < -0.4 is 5.32 Å². The molecular weight excluding hydrogens is 289 g/mol. The van der Waals surface area contributed by atoms with Crippen molar-refractivity contribution < 1.29 is 22.8 Å². The molecule has 1 aromatic rings. The number of nitrogens with zero attached hydrogens (tertiary/aromatic N) is 1. The molecule has 8 heteroatoms. The van der Waals surface area contributed by atoms with Gasteiger partial charge in [-0.15, -0.1) is 6.58 Å². The van der Waals surface area contributed by atoms with Crippen LogP contribution in [0.5, 0.6) is 0 Å². The third kappa shape index (κ3) is 5.42. The molecule has 5 nitrogen and oxygen atoms in total. The van der Waals surface area contributed by atoms with E-state index in [1.807, 2.05) is 0 Å². The van der Waals surface area contributed by atoms with E-state index >= 15 is 0 Å². The number of anilines is 1. The minimum absolute atomic E-state index is 0.165. The van der Waals surface area contributed by atoms with Gasteiger partial charge >= 0.3 is 6.18 Å². The normalized spacial score (nSPS) is 11.2. The summed E-state index contributed by atoms with van der Waals surface area (Å²) in [6.07, 6.45) is -2.34. The van der Waals surface area contributed by atoms with E-state index in [0.29, 0.717) is 19.1 Å². The molecule has 1 N–H and O–H groups in total. The van der Waals surface area contributed by atoms with Crippen molar-refractivity contribution in [1.82, 2.24) is 0 Å². The first-order chi connectivity index (χ1) is 9.86. The van der Waals surface area contributed by atoms with Gasteiger partial charge in [-0.05, 0) is 12.5 Å². The Hall–Kier alpha value is -2.09. The number of benzene rings is 1. The summed E-state index contributed by atoms with van der Waals surface area (Å²) >= 11 is 0. The van der Waals surface area contributed by atoms with Gasteiger partial charge in [0.2, 0.25) is 0 Å². The number of non-ortho nitro benzene ring substituents is 1. The van der Waals surface area contributed by atoms with Crippen molar-refractivity contribution in [3.63, 3.8) is 0 Å². The summed E-state index contributed by atoms with van der Waals surface area (Å²) in [5.41, 5.74) is -1.88. The molecule has 0 aromatic heterocycles. The van der Waals surface area contributed by atoms with Gasteiger partial charge in [-0.1, -0.05) is 6.08 Å². The topological polar surface area (TPSA) is 64.4 Å². The standard InChI is InChI=1S/C13H15F3N2O3/c1-2-3-7-21-8-6-17-12-5-4-10(18(19)20)9-11(12)13(14,15)16/h2,4-5,9,17H,1,3,6-8H2. The Morgan fingerprint density at radius 3 is 2.67 bits per heavy atom. The molecule has 0 saturated carbocycles. The largest absolute Gasteiger partial charge is 0.418 e. The molecule has 1 rings (SSSR count). The lowest BCUT2D eigenvalue weighted by atomic mass is 10.1. The van der Waals surface area contributed by atoms with Gasteiger partial charge in [0.25, 0.3) is 5.69 Å². The number of nitro benzene ring substituents is 1. The maximum Gasteiger partial charge on any atom is 0.418 e. The quantitative estimate of drug-likeness (QED) is 0.345. The predicted molar refractivity (Wildman–Crippen MR) is 72.2 cm³/mol. The van der Waals surface area contributed by atoms with Crippen molar-refractivity contribution in [3.05, 3.63) is 46.5 Å². The monoisotopic (exact) mass is 304 g/mol. The highest BCUT2D eigenvalue weighted by Gasteiger charge is 2.35. The molecule has 0 aliphatic rings. The summed E-state index contributed by atoms with van der Waals surface area (Å²) in [5, 5.41) is 13.1. The number of halogens is 3. The molecule has 0 saturated heterocycles. The molecule has 116 valence electrons.